The first-order valence-corrected chi connectivity index (χ1v) is 7.51. The van der Waals surface area contributed by atoms with Crippen LogP contribution in [0, 0.1) is 6.92 Å². The highest BCUT2D eigenvalue weighted by atomic mass is 32.1. The number of benzene rings is 1. The van der Waals surface area contributed by atoms with Crippen molar-refractivity contribution in [1.82, 2.24) is 4.90 Å². The van der Waals surface area contributed by atoms with E-state index in [9.17, 15) is 0 Å². The van der Waals surface area contributed by atoms with Crippen molar-refractivity contribution in [3.63, 3.8) is 0 Å². The Bertz CT molecular complexity index is 478. The van der Waals surface area contributed by atoms with Gasteiger partial charge in [-0.25, -0.2) is 0 Å². The number of thiocarbonyl (C=S) groups is 1. The fourth-order valence-corrected chi connectivity index (χ4v) is 2.94. The van der Waals surface area contributed by atoms with Crippen molar-refractivity contribution in [3.8, 4) is 0 Å². The molecule has 1 aromatic rings. The van der Waals surface area contributed by atoms with E-state index < -0.39 is 0 Å². The van der Waals surface area contributed by atoms with E-state index in [2.05, 4.69) is 21.9 Å². The summed E-state index contributed by atoms with van der Waals surface area (Å²) in [4.78, 5) is 5.17. The number of rotatable bonds is 4. The molecule has 20 heavy (non-hydrogen) atoms. The molecule has 0 radical (unpaired) electrons. The molecule has 4 nitrogen and oxygen atoms in total. The lowest BCUT2D eigenvalue weighted by Crippen LogP contribution is -2.32. The highest BCUT2D eigenvalue weighted by molar-refractivity contribution is 7.80. The van der Waals surface area contributed by atoms with Gasteiger partial charge < -0.3 is 15.7 Å². The van der Waals surface area contributed by atoms with Crippen LogP contribution in [0.3, 0.4) is 0 Å². The van der Waals surface area contributed by atoms with E-state index in [0.717, 1.165) is 50.3 Å². The van der Waals surface area contributed by atoms with E-state index in [-0.39, 0.29) is 6.61 Å². The minimum Gasteiger partial charge on any atom is -0.395 e. The van der Waals surface area contributed by atoms with E-state index in [1.807, 2.05) is 13.0 Å². The molecule has 0 aliphatic carbocycles. The van der Waals surface area contributed by atoms with E-state index in [0.29, 0.717) is 4.99 Å². The number of aliphatic hydroxyl groups excluding tert-OH is 1. The van der Waals surface area contributed by atoms with Gasteiger partial charge in [-0.3, -0.25) is 4.90 Å². The fourth-order valence-electron chi connectivity index (χ4n) is 2.72. The molecule has 1 fully saturated rings. The third kappa shape index (κ3) is 3.69. The van der Waals surface area contributed by atoms with E-state index in [4.69, 9.17) is 23.1 Å². The smallest absolute Gasteiger partial charge is 0.104 e. The molecule has 110 valence electrons. The van der Waals surface area contributed by atoms with Gasteiger partial charge in [0.05, 0.1) is 6.61 Å². The summed E-state index contributed by atoms with van der Waals surface area (Å²) in [5.41, 5.74) is 9.03. The van der Waals surface area contributed by atoms with Crippen molar-refractivity contribution in [1.29, 1.82) is 0 Å². The highest BCUT2D eigenvalue weighted by Crippen LogP contribution is 2.20. The largest absolute Gasteiger partial charge is 0.395 e. The molecule has 2 rings (SSSR count). The Morgan fingerprint density at radius 1 is 1.30 bits per heavy atom. The van der Waals surface area contributed by atoms with Crippen LogP contribution in [-0.4, -0.2) is 54.3 Å². The van der Waals surface area contributed by atoms with Crippen LogP contribution in [0.5, 0.6) is 0 Å². The molecule has 1 aromatic carbocycles. The molecule has 1 heterocycles. The summed E-state index contributed by atoms with van der Waals surface area (Å²) in [5, 5.41) is 9.03. The molecule has 3 N–H and O–H groups in total. The van der Waals surface area contributed by atoms with Crippen LogP contribution in [0.1, 0.15) is 17.5 Å². The van der Waals surface area contributed by atoms with Gasteiger partial charge >= 0.3 is 0 Å². The summed E-state index contributed by atoms with van der Waals surface area (Å²) >= 11 is 5.05. The summed E-state index contributed by atoms with van der Waals surface area (Å²) in [6.45, 7) is 7.15. The molecule has 0 aromatic heterocycles. The first kappa shape index (κ1) is 15.2. The molecule has 0 unspecified atom stereocenters. The zero-order valence-electron chi connectivity index (χ0n) is 12.0. The Kier molecular flexibility index (Phi) is 5.34. The lowest BCUT2D eigenvalue weighted by atomic mass is 10.1. The van der Waals surface area contributed by atoms with Gasteiger partial charge in [0.15, 0.2) is 0 Å². The summed E-state index contributed by atoms with van der Waals surface area (Å²) in [5.74, 6) is 0. The molecule has 0 amide bonds. The van der Waals surface area contributed by atoms with Gasteiger partial charge in [-0.05, 0) is 43.7 Å². The van der Waals surface area contributed by atoms with Gasteiger partial charge in [-0.2, -0.15) is 0 Å². The molecule has 0 saturated carbocycles. The second-order valence-corrected chi connectivity index (χ2v) is 5.71. The zero-order valence-corrected chi connectivity index (χ0v) is 12.8. The quantitative estimate of drug-likeness (QED) is 0.815. The molecule has 1 aliphatic rings. The SMILES string of the molecule is Cc1cc(N2CCCN(CCO)CC2)ccc1C(N)=S. The Balaban J connectivity index is 2.08. The van der Waals surface area contributed by atoms with Gasteiger partial charge in [0, 0.05) is 37.4 Å². The van der Waals surface area contributed by atoms with Gasteiger partial charge in [0.1, 0.15) is 4.99 Å². The van der Waals surface area contributed by atoms with Crippen LogP contribution in [0.15, 0.2) is 18.2 Å². The predicted octanol–water partition coefficient (Wildman–Crippen LogP) is 1.13. The van der Waals surface area contributed by atoms with E-state index in [1.165, 1.54) is 5.69 Å². The molecule has 0 spiro atoms. The highest BCUT2D eigenvalue weighted by Gasteiger charge is 2.15. The summed E-state index contributed by atoms with van der Waals surface area (Å²) < 4.78 is 0. The van der Waals surface area contributed by atoms with Crippen molar-refractivity contribution in [2.75, 3.05) is 44.2 Å². The van der Waals surface area contributed by atoms with Gasteiger partial charge in [-0.1, -0.05) is 12.2 Å². The standard InChI is InChI=1S/C15H23N3OS/c1-12-11-13(3-4-14(12)15(16)20)18-6-2-5-17(7-8-18)9-10-19/h3-4,11,19H,2,5-10H2,1H3,(H2,16,20). The summed E-state index contributed by atoms with van der Waals surface area (Å²) in [6, 6.07) is 6.28. The van der Waals surface area contributed by atoms with Gasteiger partial charge in [0.25, 0.3) is 0 Å². The minimum atomic E-state index is 0.238. The van der Waals surface area contributed by atoms with Crippen molar-refractivity contribution < 1.29 is 5.11 Å². The summed E-state index contributed by atoms with van der Waals surface area (Å²) in [7, 11) is 0. The number of hydrogen-bond acceptors (Lipinski definition) is 4. The van der Waals surface area contributed by atoms with Crippen LogP contribution >= 0.6 is 12.2 Å². The molecule has 1 aliphatic heterocycles. The van der Waals surface area contributed by atoms with Crippen molar-refractivity contribution in [2.24, 2.45) is 5.73 Å². The third-order valence-electron chi connectivity index (χ3n) is 3.85. The van der Waals surface area contributed by atoms with Gasteiger partial charge in [0.2, 0.25) is 0 Å². The van der Waals surface area contributed by atoms with E-state index in [1.54, 1.807) is 0 Å². The number of anilines is 1. The molecular weight excluding hydrogens is 270 g/mol. The number of aliphatic hydroxyl groups is 1. The molecule has 0 bridgehead atoms. The topological polar surface area (TPSA) is 52.7 Å². The van der Waals surface area contributed by atoms with Crippen molar-refractivity contribution >= 4 is 22.9 Å². The van der Waals surface area contributed by atoms with Crippen LogP contribution in [0.2, 0.25) is 0 Å². The first-order chi connectivity index (χ1) is 9.61. The van der Waals surface area contributed by atoms with Crippen LogP contribution in [-0.2, 0) is 0 Å². The first-order valence-electron chi connectivity index (χ1n) is 7.10. The Labute approximate surface area is 126 Å². The predicted molar refractivity (Wildman–Crippen MR) is 87.4 cm³/mol. The average Bonchev–Trinajstić information content (AvgIpc) is 2.64. The zero-order chi connectivity index (χ0) is 14.5. The number of aryl methyl sites for hydroxylation is 1. The lowest BCUT2D eigenvalue weighted by molar-refractivity contribution is 0.204. The number of hydrogen-bond donors (Lipinski definition) is 2. The number of β-amino-alcohol motifs (C(OH)–C–C–N with tert-alkyl or cyclic N) is 1. The Morgan fingerprint density at radius 3 is 2.75 bits per heavy atom. The maximum Gasteiger partial charge on any atom is 0.104 e. The number of nitrogens with zero attached hydrogens (tertiary/aromatic N) is 2. The maximum absolute atomic E-state index is 9.03. The van der Waals surface area contributed by atoms with Crippen LogP contribution < -0.4 is 10.6 Å². The number of nitrogens with two attached hydrogens (primary N) is 1. The van der Waals surface area contributed by atoms with Gasteiger partial charge in [-0.15, -0.1) is 0 Å². The Hall–Kier alpha value is -1.17. The molecule has 5 heteroatoms. The lowest BCUT2D eigenvalue weighted by Gasteiger charge is -2.24. The Morgan fingerprint density at radius 2 is 2.10 bits per heavy atom. The van der Waals surface area contributed by atoms with Crippen LogP contribution in [0.25, 0.3) is 0 Å². The fraction of sp³-hybridized carbons (Fsp3) is 0.533. The maximum atomic E-state index is 9.03. The second-order valence-electron chi connectivity index (χ2n) is 5.27. The molecule has 0 atom stereocenters. The minimum absolute atomic E-state index is 0.238. The second kappa shape index (κ2) is 7.02. The average molecular weight is 293 g/mol. The van der Waals surface area contributed by atoms with Crippen molar-refractivity contribution in [3.05, 3.63) is 29.3 Å². The van der Waals surface area contributed by atoms with E-state index >= 15 is 0 Å². The molecule has 1 saturated heterocycles. The normalized spacial score (nSPS) is 17.0. The molecular formula is C15H23N3OS. The monoisotopic (exact) mass is 293 g/mol. The third-order valence-corrected chi connectivity index (χ3v) is 4.07. The summed E-state index contributed by atoms with van der Waals surface area (Å²) in [6.07, 6.45) is 1.12. The van der Waals surface area contributed by atoms with Crippen LogP contribution in [0.4, 0.5) is 5.69 Å². The van der Waals surface area contributed by atoms with Crippen molar-refractivity contribution in [2.45, 2.75) is 13.3 Å².